The number of benzene rings is 2. The number of hydrogen-bond acceptors (Lipinski definition) is 4. The van der Waals surface area contributed by atoms with E-state index < -0.39 is 0 Å². The van der Waals surface area contributed by atoms with Crippen molar-refractivity contribution in [1.82, 2.24) is 9.88 Å². The first kappa shape index (κ1) is 18.5. The Bertz CT molecular complexity index is 1010. The highest BCUT2D eigenvalue weighted by Gasteiger charge is 2.06. The molecule has 3 rings (SSSR count). The average molecular weight is 366 g/mol. The molecule has 2 aromatic carbocycles. The lowest BCUT2D eigenvalue weighted by molar-refractivity contribution is -0.123. The topological polar surface area (TPSA) is 69.6 Å². The Labute approximate surface area is 157 Å². The molecule has 27 heavy (non-hydrogen) atoms. The molecular weight excluding hydrogens is 344 g/mol. The molecule has 1 N–H and O–H groups in total. The molecule has 0 spiro atoms. The van der Waals surface area contributed by atoms with Gasteiger partial charge >= 0.3 is 0 Å². The van der Waals surface area contributed by atoms with Crippen molar-refractivity contribution in [3.8, 4) is 11.5 Å². The smallest absolute Gasteiger partial charge is 0.258 e. The molecule has 0 aliphatic heterocycles. The van der Waals surface area contributed by atoms with Crippen LogP contribution in [0.2, 0.25) is 0 Å². The Balaban J connectivity index is 1.50. The zero-order valence-electron chi connectivity index (χ0n) is 15.4. The number of nitrogens with one attached hydrogen (secondary N) is 1. The second-order valence-corrected chi connectivity index (χ2v) is 6.17. The molecule has 0 fully saturated rings. The fourth-order valence-corrected chi connectivity index (χ4v) is 2.87. The van der Waals surface area contributed by atoms with Crippen molar-refractivity contribution in [2.24, 2.45) is 0 Å². The Morgan fingerprint density at radius 3 is 2.56 bits per heavy atom. The minimum Gasteiger partial charge on any atom is -0.496 e. The van der Waals surface area contributed by atoms with E-state index in [2.05, 4.69) is 5.32 Å². The minimum absolute atomic E-state index is 0.0746. The van der Waals surface area contributed by atoms with Gasteiger partial charge < -0.3 is 19.4 Å². The molecule has 0 bridgehead atoms. The normalized spacial score (nSPS) is 10.6. The average Bonchev–Trinajstić information content (AvgIpc) is 2.68. The van der Waals surface area contributed by atoms with Gasteiger partial charge in [-0.1, -0.05) is 30.3 Å². The highest BCUT2D eigenvalue weighted by molar-refractivity contribution is 5.84. The Hall–Kier alpha value is -3.28. The van der Waals surface area contributed by atoms with Crippen LogP contribution in [0.15, 0.2) is 59.4 Å². The zero-order chi connectivity index (χ0) is 19.2. The number of carbonyl (C=O) groups is 1. The predicted molar refractivity (Wildman–Crippen MR) is 104 cm³/mol. The van der Waals surface area contributed by atoms with E-state index in [0.717, 1.165) is 16.5 Å². The number of carbonyl (C=O) groups excluding carboxylic acids is 1. The number of fused-ring (bicyclic) bond motifs is 1. The molecule has 6 nitrogen and oxygen atoms in total. The maximum Gasteiger partial charge on any atom is 0.258 e. The quantitative estimate of drug-likeness (QED) is 0.698. The van der Waals surface area contributed by atoms with Crippen molar-refractivity contribution in [3.05, 3.63) is 70.6 Å². The van der Waals surface area contributed by atoms with Gasteiger partial charge in [0.25, 0.3) is 11.5 Å². The van der Waals surface area contributed by atoms with Crippen LogP contribution in [-0.4, -0.2) is 30.7 Å². The van der Waals surface area contributed by atoms with Gasteiger partial charge in [0.2, 0.25) is 0 Å². The van der Waals surface area contributed by atoms with Gasteiger partial charge in [-0.15, -0.1) is 0 Å². The summed E-state index contributed by atoms with van der Waals surface area (Å²) in [4.78, 5) is 24.1. The molecule has 0 aliphatic rings. The minimum atomic E-state index is -0.234. The van der Waals surface area contributed by atoms with Gasteiger partial charge in [0.1, 0.15) is 11.5 Å². The molecule has 0 atom stereocenters. The number of ether oxygens (including phenoxy) is 2. The number of methoxy groups -OCH3 is 1. The molecule has 140 valence electrons. The third-order valence-electron chi connectivity index (χ3n) is 4.29. The van der Waals surface area contributed by atoms with Crippen molar-refractivity contribution >= 4 is 16.7 Å². The highest BCUT2D eigenvalue weighted by atomic mass is 16.5. The first-order valence-electron chi connectivity index (χ1n) is 8.70. The van der Waals surface area contributed by atoms with Crippen molar-refractivity contribution in [2.75, 3.05) is 20.3 Å². The van der Waals surface area contributed by atoms with Crippen LogP contribution in [0, 0.1) is 6.92 Å². The summed E-state index contributed by atoms with van der Waals surface area (Å²) in [6, 6.07) is 16.9. The summed E-state index contributed by atoms with van der Waals surface area (Å²) in [6.45, 7) is 2.48. The third-order valence-corrected chi connectivity index (χ3v) is 4.29. The van der Waals surface area contributed by atoms with Crippen molar-refractivity contribution < 1.29 is 14.3 Å². The van der Waals surface area contributed by atoms with E-state index in [1.165, 1.54) is 13.2 Å². The first-order chi connectivity index (χ1) is 13.1. The summed E-state index contributed by atoms with van der Waals surface area (Å²) in [5, 5.41) is 4.95. The van der Waals surface area contributed by atoms with Gasteiger partial charge in [-0.2, -0.15) is 0 Å². The van der Waals surface area contributed by atoms with Crippen LogP contribution in [-0.2, 0) is 11.3 Å². The Morgan fingerprint density at radius 1 is 1.04 bits per heavy atom. The van der Waals surface area contributed by atoms with Crippen molar-refractivity contribution in [2.45, 2.75) is 13.5 Å². The summed E-state index contributed by atoms with van der Waals surface area (Å²) in [6.07, 6.45) is 0. The standard InChI is InChI=1S/C21H22N2O4/c1-15-11-19(26-2)13-21(25)23(15)10-9-22-20(24)14-27-18-8-7-16-5-3-4-6-17(16)12-18/h3-8,11-13H,9-10,14H2,1-2H3,(H,22,24). The van der Waals surface area contributed by atoms with Crippen LogP contribution in [0.5, 0.6) is 11.5 Å². The third kappa shape index (κ3) is 4.67. The van der Waals surface area contributed by atoms with Gasteiger partial charge in [0.15, 0.2) is 6.61 Å². The number of amides is 1. The second kappa shape index (κ2) is 8.40. The molecule has 1 heterocycles. The monoisotopic (exact) mass is 366 g/mol. The number of nitrogens with zero attached hydrogens (tertiary/aromatic N) is 1. The molecule has 6 heteroatoms. The number of aryl methyl sites for hydroxylation is 1. The highest BCUT2D eigenvalue weighted by Crippen LogP contribution is 2.20. The summed E-state index contributed by atoms with van der Waals surface area (Å²) >= 11 is 0. The van der Waals surface area contributed by atoms with E-state index >= 15 is 0 Å². The number of rotatable bonds is 7. The van der Waals surface area contributed by atoms with Crippen LogP contribution in [0.3, 0.4) is 0 Å². The largest absolute Gasteiger partial charge is 0.496 e. The van der Waals surface area contributed by atoms with Gasteiger partial charge in [0.05, 0.1) is 7.11 Å². The molecular formula is C21H22N2O4. The van der Waals surface area contributed by atoms with Crippen LogP contribution < -0.4 is 20.3 Å². The fourth-order valence-electron chi connectivity index (χ4n) is 2.87. The van der Waals surface area contributed by atoms with E-state index in [4.69, 9.17) is 9.47 Å². The van der Waals surface area contributed by atoms with Crippen molar-refractivity contribution in [3.63, 3.8) is 0 Å². The number of aromatic nitrogens is 1. The summed E-state index contributed by atoms with van der Waals surface area (Å²) in [5.74, 6) is 0.940. The van der Waals surface area contributed by atoms with E-state index in [-0.39, 0.29) is 18.1 Å². The van der Waals surface area contributed by atoms with Crippen LogP contribution in [0.4, 0.5) is 0 Å². The lowest BCUT2D eigenvalue weighted by atomic mass is 10.1. The van der Waals surface area contributed by atoms with Crippen LogP contribution in [0.25, 0.3) is 10.8 Å². The maximum absolute atomic E-state index is 12.1. The van der Waals surface area contributed by atoms with Crippen LogP contribution in [0.1, 0.15) is 5.69 Å². The zero-order valence-corrected chi connectivity index (χ0v) is 15.4. The Kier molecular flexibility index (Phi) is 5.76. The molecule has 0 aliphatic carbocycles. The molecule has 1 aromatic heterocycles. The first-order valence-corrected chi connectivity index (χ1v) is 8.70. The molecule has 0 saturated heterocycles. The summed E-state index contributed by atoms with van der Waals surface area (Å²) in [7, 11) is 1.52. The SMILES string of the molecule is COc1cc(C)n(CCNC(=O)COc2ccc3ccccc3c2)c(=O)c1. The molecule has 0 saturated carbocycles. The van der Waals surface area contributed by atoms with Crippen molar-refractivity contribution in [1.29, 1.82) is 0 Å². The van der Waals surface area contributed by atoms with E-state index in [1.807, 2.05) is 49.4 Å². The lowest BCUT2D eigenvalue weighted by Gasteiger charge is -2.12. The summed E-state index contributed by atoms with van der Waals surface area (Å²) in [5.41, 5.74) is 0.620. The van der Waals surface area contributed by atoms with Crippen LogP contribution >= 0.6 is 0 Å². The van der Waals surface area contributed by atoms with Gasteiger partial charge in [-0.05, 0) is 35.9 Å². The molecule has 0 radical (unpaired) electrons. The molecule has 3 aromatic rings. The van der Waals surface area contributed by atoms with Gasteiger partial charge in [-0.25, -0.2) is 0 Å². The number of pyridine rings is 1. The Morgan fingerprint density at radius 2 is 1.81 bits per heavy atom. The number of hydrogen-bond donors (Lipinski definition) is 1. The maximum atomic E-state index is 12.1. The summed E-state index contributed by atoms with van der Waals surface area (Å²) < 4.78 is 12.2. The van der Waals surface area contributed by atoms with E-state index in [9.17, 15) is 9.59 Å². The molecule has 1 amide bonds. The van der Waals surface area contributed by atoms with E-state index in [0.29, 0.717) is 24.6 Å². The van der Waals surface area contributed by atoms with E-state index in [1.54, 1.807) is 10.6 Å². The van der Waals surface area contributed by atoms with Gasteiger partial charge in [0, 0.05) is 24.8 Å². The lowest BCUT2D eigenvalue weighted by Crippen LogP contribution is -2.34. The fraction of sp³-hybridized carbons (Fsp3) is 0.238. The predicted octanol–water partition coefficient (Wildman–Crippen LogP) is 2.51. The second-order valence-electron chi connectivity index (χ2n) is 6.17. The molecule has 0 unspecified atom stereocenters. The van der Waals surface area contributed by atoms with Gasteiger partial charge in [-0.3, -0.25) is 9.59 Å².